The molecule has 0 aromatic heterocycles. The van der Waals surface area contributed by atoms with Gasteiger partial charge in [-0.25, -0.2) is 4.79 Å². The molecule has 2 N–H and O–H groups in total. The molecule has 0 saturated carbocycles. The lowest BCUT2D eigenvalue weighted by Gasteiger charge is -2.12. The number of benzene rings is 2. The van der Waals surface area contributed by atoms with Gasteiger partial charge in [-0.15, -0.1) is 0 Å². The Hall–Kier alpha value is -3.22. The molecule has 0 aliphatic carbocycles. The fourth-order valence-electron chi connectivity index (χ4n) is 1.94. The van der Waals surface area contributed by atoms with E-state index in [0.29, 0.717) is 17.2 Å². The van der Waals surface area contributed by atoms with Crippen LogP contribution in [-0.2, 0) is 4.79 Å². The van der Waals surface area contributed by atoms with Crippen LogP contribution in [0.25, 0.3) is 0 Å². The summed E-state index contributed by atoms with van der Waals surface area (Å²) in [5.74, 6) is -0.0890. The summed E-state index contributed by atoms with van der Waals surface area (Å²) in [5.41, 5.74) is 5.34. The number of hydrogen-bond donors (Lipinski definition) is 1. The summed E-state index contributed by atoms with van der Waals surface area (Å²) in [6.45, 7) is -0.365. The Labute approximate surface area is 138 Å². The first-order valence-corrected chi connectivity index (χ1v) is 6.99. The van der Waals surface area contributed by atoms with Crippen LogP contribution < -0.4 is 24.7 Å². The van der Waals surface area contributed by atoms with Crippen LogP contribution >= 0.6 is 0 Å². The molecule has 2 rings (SSSR count). The maximum Gasteiger partial charge on any atom is 0.349 e. The van der Waals surface area contributed by atoms with Gasteiger partial charge in [-0.05, 0) is 24.3 Å². The van der Waals surface area contributed by atoms with Crippen LogP contribution in [0.2, 0.25) is 0 Å². The van der Waals surface area contributed by atoms with Gasteiger partial charge in [0, 0.05) is 6.07 Å². The molecule has 7 nitrogen and oxygen atoms in total. The minimum absolute atomic E-state index is 0.00970. The first-order chi connectivity index (χ1) is 11.5. The van der Waals surface area contributed by atoms with Crippen LogP contribution in [-0.4, -0.2) is 32.7 Å². The Balaban J connectivity index is 2.08. The zero-order chi connectivity index (χ0) is 17.5. The lowest BCUT2D eigenvalue weighted by molar-refractivity contribution is -0.136. The molecule has 0 atom stereocenters. The van der Waals surface area contributed by atoms with Crippen LogP contribution in [0.5, 0.6) is 23.0 Å². The van der Waals surface area contributed by atoms with Crippen molar-refractivity contribution in [3.63, 3.8) is 0 Å². The van der Waals surface area contributed by atoms with Crippen molar-refractivity contribution in [2.24, 2.45) is 5.73 Å². The van der Waals surface area contributed by atoms with Crippen molar-refractivity contribution >= 4 is 11.9 Å². The van der Waals surface area contributed by atoms with Crippen molar-refractivity contribution < 1.29 is 28.5 Å². The van der Waals surface area contributed by atoms with E-state index in [4.69, 9.17) is 24.7 Å². The summed E-state index contributed by atoms with van der Waals surface area (Å²) >= 11 is 0. The monoisotopic (exact) mass is 331 g/mol. The number of carbonyl (C=O) groups excluding carboxylic acids is 2. The number of rotatable bonds is 7. The first kappa shape index (κ1) is 17.1. The molecule has 0 radical (unpaired) electrons. The predicted molar refractivity (Wildman–Crippen MR) is 85.6 cm³/mol. The van der Waals surface area contributed by atoms with E-state index >= 15 is 0 Å². The van der Waals surface area contributed by atoms with Crippen LogP contribution in [0.15, 0.2) is 42.5 Å². The van der Waals surface area contributed by atoms with Crippen molar-refractivity contribution in [2.75, 3.05) is 20.8 Å². The number of nitrogens with two attached hydrogens (primary N) is 1. The van der Waals surface area contributed by atoms with Crippen LogP contribution in [0, 0.1) is 0 Å². The number of para-hydroxylation sites is 2. The quantitative estimate of drug-likeness (QED) is 0.613. The Morgan fingerprint density at radius 1 is 0.958 bits per heavy atom. The number of esters is 1. The molecule has 2 aromatic rings. The molecule has 0 bridgehead atoms. The zero-order valence-corrected chi connectivity index (χ0v) is 13.3. The lowest BCUT2D eigenvalue weighted by Crippen LogP contribution is -2.20. The molecule has 1 amide bonds. The van der Waals surface area contributed by atoms with E-state index in [9.17, 15) is 9.59 Å². The number of amides is 1. The highest BCUT2D eigenvalue weighted by molar-refractivity contribution is 5.96. The highest BCUT2D eigenvalue weighted by Crippen LogP contribution is 2.27. The molecule has 2 aromatic carbocycles. The second-order valence-corrected chi connectivity index (χ2v) is 4.64. The molecule has 0 heterocycles. The Kier molecular flexibility index (Phi) is 5.62. The predicted octanol–water partition coefficient (Wildman–Crippen LogP) is 1.79. The molecule has 0 aliphatic rings. The molecule has 0 fully saturated rings. The van der Waals surface area contributed by atoms with Crippen LogP contribution in [0.1, 0.15) is 10.4 Å². The Bertz CT molecular complexity index is 744. The SMILES string of the molecule is COc1ccc(C(N)=O)c(OC(=O)COc2ccccc2OC)c1. The van der Waals surface area contributed by atoms with Gasteiger partial charge in [0.25, 0.3) is 5.91 Å². The van der Waals surface area contributed by atoms with E-state index in [2.05, 4.69) is 0 Å². The molecular weight excluding hydrogens is 314 g/mol. The number of carbonyl (C=O) groups is 2. The summed E-state index contributed by atoms with van der Waals surface area (Å²) in [6.07, 6.45) is 0. The van der Waals surface area contributed by atoms with E-state index < -0.39 is 11.9 Å². The average molecular weight is 331 g/mol. The van der Waals surface area contributed by atoms with E-state index in [1.54, 1.807) is 30.3 Å². The summed E-state index contributed by atoms with van der Waals surface area (Å²) in [4.78, 5) is 23.4. The van der Waals surface area contributed by atoms with Crippen LogP contribution in [0.4, 0.5) is 0 Å². The fraction of sp³-hybridized carbons (Fsp3) is 0.176. The topological polar surface area (TPSA) is 97.1 Å². The number of methoxy groups -OCH3 is 2. The summed E-state index contributed by atoms with van der Waals surface area (Å²) < 4.78 is 20.7. The minimum atomic E-state index is -0.717. The zero-order valence-electron chi connectivity index (χ0n) is 13.3. The molecule has 0 saturated heterocycles. The molecular formula is C17H17NO6. The maximum atomic E-state index is 12.0. The minimum Gasteiger partial charge on any atom is -0.497 e. The van der Waals surface area contributed by atoms with Crippen molar-refractivity contribution in [2.45, 2.75) is 0 Å². The molecule has 7 heteroatoms. The van der Waals surface area contributed by atoms with Gasteiger partial charge in [0.2, 0.25) is 0 Å². The summed E-state index contributed by atoms with van der Waals surface area (Å²) in [5, 5.41) is 0. The normalized spacial score (nSPS) is 9.92. The third-order valence-corrected chi connectivity index (χ3v) is 3.09. The maximum absolute atomic E-state index is 12.0. The van der Waals surface area contributed by atoms with Gasteiger partial charge in [0.1, 0.15) is 11.5 Å². The average Bonchev–Trinajstić information content (AvgIpc) is 2.59. The van der Waals surface area contributed by atoms with E-state index in [1.165, 1.54) is 26.4 Å². The Morgan fingerprint density at radius 3 is 2.29 bits per heavy atom. The number of primary amides is 1. The van der Waals surface area contributed by atoms with Gasteiger partial charge in [0.15, 0.2) is 18.1 Å². The van der Waals surface area contributed by atoms with E-state index in [0.717, 1.165) is 0 Å². The van der Waals surface area contributed by atoms with E-state index in [1.807, 2.05) is 0 Å². The van der Waals surface area contributed by atoms with Crippen molar-refractivity contribution in [1.29, 1.82) is 0 Å². The van der Waals surface area contributed by atoms with Gasteiger partial charge in [-0.2, -0.15) is 0 Å². The fourth-order valence-corrected chi connectivity index (χ4v) is 1.94. The van der Waals surface area contributed by atoms with Gasteiger partial charge < -0.3 is 24.7 Å². The van der Waals surface area contributed by atoms with Crippen molar-refractivity contribution in [1.82, 2.24) is 0 Å². The molecule has 0 unspecified atom stereocenters. The molecule has 24 heavy (non-hydrogen) atoms. The van der Waals surface area contributed by atoms with Gasteiger partial charge in [-0.3, -0.25) is 4.79 Å². The van der Waals surface area contributed by atoms with Gasteiger partial charge in [-0.1, -0.05) is 12.1 Å². The highest BCUT2D eigenvalue weighted by Gasteiger charge is 2.15. The Morgan fingerprint density at radius 2 is 1.67 bits per heavy atom. The standard InChI is InChI=1S/C17H17NO6/c1-21-11-7-8-12(17(18)20)15(9-11)24-16(19)10-23-14-6-4-3-5-13(14)22-2/h3-9H,10H2,1-2H3,(H2,18,20). The number of ether oxygens (including phenoxy) is 4. The van der Waals surface area contributed by atoms with Crippen molar-refractivity contribution in [3.8, 4) is 23.0 Å². The van der Waals surface area contributed by atoms with Gasteiger partial charge in [0.05, 0.1) is 19.8 Å². The van der Waals surface area contributed by atoms with Crippen molar-refractivity contribution in [3.05, 3.63) is 48.0 Å². The smallest absolute Gasteiger partial charge is 0.349 e. The van der Waals surface area contributed by atoms with Gasteiger partial charge >= 0.3 is 5.97 Å². The largest absolute Gasteiger partial charge is 0.497 e. The molecule has 0 aliphatic heterocycles. The second kappa shape index (κ2) is 7.87. The number of hydrogen-bond acceptors (Lipinski definition) is 6. The molecule has 126 valence electrons. The first-order valence-electron chi connectivity index (χ1n) is 6.99. The summed E-state index contributed by atoms with van der Waals surface area (Å²) in [7, 11) is 2.95. The van der Waals surface area contributed by atoms with E-state index in [-0.39, 0.29) is 17.9 Å². The molecule has 0 spiro atoms. The third kappa shape index (κ3) is 4.16. The lowest BCUT2D eigenvalue weighted by atomic mass is 10.2. The second-order valence-electron chi connectivity index (χ2n) is 4.64. The highest BCUT2D eigenvalue weighted by atomic mass is 16.6. The van der Waals surface area contributed by atoms with Crippen LogP contribution in [0.3, 0.4) is 0 Å². The summed E-state index contributed by atoms with van der Waals surface area (Å²) in [6, 6.07) is 11.3. The third-order valence-electron chi connectivity index (χ3n) is 3.09.